The number of rotatable bonds is 14. The predicted octanol–water partition coefficient (Wildman–Crippen LogP) is -8.12. The van der Waals surface area contributed by atoms with E-state index >= 15 is 0 Å². The zero-order valence-corrected chi connectivity index (χ0v) is 18.3. The van der Waals surface area contributed by atoms with Crippen molar-refractivity contribution in [2.75, 3.05) is 26.2 Å². The van der Waals surface area contributed by atoms with Crippen molar-refractivity contribution in [1.29, 1.82) is 0 Å². The molecule has 0 aromatic carbocycles. The zero-order valence-electron chi connectivity index (χ0n) is 14.3. The number of nitrogens with zero attached hydrogens (tertiary/aromatic N) is 1. The predicted molar refractivity (Wildman–Crippen MR) is 71.9 cm³/mol. The molecular formula is C14H25NNa2O6. The molecule has 0 heterocycles. The number of carbonyl (C=O) groups excluding carboxylic acids is 2. The first kappa shape index (κ1) is 28.6. The third kappa shape index (κ3) is 20.8. The first-order chi connectivity index (χ1) is 9.95. The van der Waals surface area contributed by atoms with Crippen LogP contribution in [0.15, 0.2) is 0 Å². The Labute approximate surface area is 182 Å². The molecule has 1 atom stereocenters. The van der Waals surface area contributed by atoms with Gasteiger partial charge in [0.2, 0.25) is 0 Å². The summed E-state index contributed by atoms with van der Waals surface area (Å²) in [6.45, 7) is 1.40. The Bertz CT molecular complexity index is 287. The molecule has 0 aliphatic rings. The van der Waals surface area contributed by atoms with Gasteiger partial charge >= 0.3 is 59.1 Å². The molecule has 0 saturated carbocycles. The summed E-state index contributed by atoms with van der Waals surface area (Å²) in [7, 11) is 0. The van der Waals surface area contributed by atoms with Gasteiger partial charge in [-0.1, -0.05) is 0 Å². The molecule has 1 unspecified atom stereocenters. The second-order valence-electron chi connectivity index (χ2n) is 5.12. The topological polar surface area (TPSA) is 124 Å². The summed E-state index contributed by atoms with van der Waals surface area (Å²) in [4.78, 5) is 22.6. The maximum absolute atomic E-state index is 10.4. The minimum atomic E-state index is -1.12. The summed E-state index contributed by atoms with van der Waals surface area (Å²) in [5.41, 5.74) is 0. The zero-order chi connectivity index (χ0) is 16.1. The van der Waals surface area contributed by atoms with E-state index in [4.69, 9.17) is 5.11 Å². The summed E-state index contributed by atoms with van der Waals surface area (Å²) in [5, 5.41) is 39.3. The average molecular weight is 349 g/mol. The second-order valence-corrected chi connectivity index (χ2v) is 5.12. The van der Waals surface area contributed by atoms with Crippen LogP contribution in [0.1, 0.15) is 44.9 Å². The van der Waals surface area contributed by atoms with Crippen molar-refractivity contribution in [2.45, 2.75) is 51.0 Å². The number of carbonyl (C=O) groups is 2. The Balaban J connectivity index is -0.00000200. The van der Waals surface area contributed by atoms with Gasteiger partial charge < -0.3 is 34.9 Å². The van der Waals surface area contributed by atoms with Gasteiger partial charge in [0.05, 0.1) is 6.10 Å². The first-order valence-electron chi connectivity index (χ1n) is 7.36. The largest absolute Gasteiger partial charge is 1.00 e. The van der Waals surface area contributed by atoms with Crippen molar-refractivity contribution in [3.8, 4) is 0 Å². The van der Waals surface area contributed by atoms with E-state index in [0.717, 1.165) is 0 Å². The molecule has 0 saturated heterocycles. The fourth-order valence-corrected chi connectivity index (χ4v) is 2.07. The maximum atomic E-state index is 10.4. The SMILES string of the molecule is O=C([O-])CCCN(CCCC(=O)[O-])CC(O)CCCCO.[Na+].[Na+]. The average Bonchev–Trinajstić information content (AvgIpc) is 2.37. The van der Waals surface area contributed by atoms with Crippen LogP contribution in [0.25, 0.3) is 0 Å². The Kier molecular flexibility index (Phi) is 23.8. The number of aliphatic hydroxyl groups is 2. The molecule has 0 spiro atoms. The second kappa shape index (κ2) is 19.1. The molecule has 0 amide bonds. The van der Waals surface area contributed by atoms with Gasteiger partial charge in [-0.3, -0.25) is 0 Å². The first-order valence-corrected chi connectivity index (χ1v) is 7.36. The van der Waals surface area contributed by atoms with Crippen LogP contribution in [-0.4, -0.2) is 59.4 Å². The monoisotopic (exact) mass is 349 g/mol. The fourth-order valence-electron chi connectivity index (χ4n) is 2.07. The quantitative estimate of drug-likeness (QED) is 0.236. The number of aliphatic hydroxyl groups excluding tert-OH is 2. The molecule has 0 fully saturated rings. The van der Waals surface area contributed by atoms with Gasteiger partial charge in [-0.2, -0.15) is 0 Å². The van der Waals surface area contributed by atoms with E-state index in [1.807, 2.05) is 4.90 Å². The van der Waals surface area contributed by atoms with Crippen LogP contribution in [0.2, 0.25) is 0 Å². The Morgan fingerprint density at radius 2 is 1.39 bits per heavy atom. The van der Waals surface area contributed by atoms with Gasteiger partial charge in [0.25, 0.3) is 0 Å². The van der Waals surface area contributed by atoms with E-state index in [0.29, 0.717) is 51.7 Å². The molecule has 7 nitrogen and oxygen atoms in total. The molecule has 2 N–H and O–H groups in total. The van der Waals surface area contributed by atoms with E-state index in [1.54, 1.807) is 0 Å². The van der Waals surface area contributed by atoms with Crippen molar-refractivity contribution in [2.24, 2.45) is 0 Å². The van der Waals surface area contributed by atoms with Gasteiger partial charge in [0, 0.05) is 25.1 Å². The van der Waals surface area contributed by atoms with Crippen LogP contribution in [0, 0.1) is 0 Å². The van der Waals surface area contributed by atoms with E-state index in [-0.39, 0.29) is 78.6 Å². The van der Waals surface area contributed by atoms with E-state index in [2.05, 4.69) is 0 Å². The van der Waals surface area contributed by atoms with Gasteiger partial charge in [0.15, 0.2) is 0 Å². The molecule has 9 heteroatoms. The number of unbranched alkanes of at least 4 members (excludes halogenated alkanes) is 1. The van der Waals surface area contributed by atoms with Gasteiger partial charge in [-0.05, 0) is 58.0 Å². The summed E-state index contributed by atoms with van der Waals surface area (Å²) < 4.78 is 0. The van der Waals surface area contributed by atoms with Crippen LogP contribution in [0.3, 0.4) is 0 Å². The summed E-state index contributed by atoms with van der Waals surface area (Å²) >= 11 is 0. The molecule has 0 bridgehead atoms. The molecule has 124 valence electrons. The number of carboxylic acids is 2. The van der Waals surface area contributed by atoms with Crippen LogP contribution < -0.4 is 69.3 Å². The Morgan fingerprint density at radius 3 is 1.78 bits per heavy atom. The van der Waals surface area contributed by atoms with Gasteiger partial charge in [0.1, 0.15) is 0 Å². The van der Waals surface area contributed by atoms with Gasteiger partial charge in [-0.15, -0.1) is 0 Å². The third-order valence-corrected chi connectivity index (χ3v) is 3.12. The van der Waals surface area contributed by atoms with E-state index in [9.17, 15) is 24.9 Å². The Hall–Kier alpha value is 0.820. The van der Waals surface area contributed by atoms with Crippen LogP contribution in [0.5, 0.6) is 0 Å². The van der Waals surface area contributed by atoms with Crippen molar-refractivity contribution in [3.63, 3.8) is 0 Å². The summed E-state index contributed by atoms with van der Waals surface area (Å²) in [6.07, 6.45) is 2.01. The van der Waals surface area contributed by atoms with Crippen molar-refractivity contribution >= 4 is 11.9 Å². The van der Waals surface area contributed by atoms with Crippen LogP contribution in [0.4, 0.5) is 0 Å². The van der Waals surface area contributed by atoms with Crippen molar-refractivity contribution < 1.29 is 89.1 Å². The molecule has 0 aromatic heterocycles. The molecule has 23 heavy (non-hydrogen) atoms. The van der Waals surface area contributed by atoms with Crippen LogP contribution >= 0.6 is 0 Å². The van der Waals surface area contributed by atoms with E-state index < -0.39 is 18.0 Å². The normalized spacial score (nSPS) is 11.4. The number of aliphatic carboxylic acids is 2. The summed E-state index contributed by atoms with van der Waals surface area (Å²) in [6, 6.07) is 0. The van der Waals surface area contributed by atoms with Crippen molar-refractivity contribution in [1.82, 2.24) is 4.90 Å². The molecule has 0 rings (SSSR count). The van der Waals surface area contributed by atoms with E-state index in [1.165, 1.54) is 0 Å². The molecular weight excluding hydrogens is 324 g/mol. The minimum Gasteiger partial charge on any atom is -0.550 e. The van der Waals surface area contributed by atoms with Crippen LogP contribution in [-0.2, 0) is 9.59 Å². The number of hydrogen-bond donors (Lipinski definition) is 2. The fraction of sp³-hybridized carbons (Fsp3) is 0.857. The standard InChI is InChI=1S/C14H27NO6.2Na/c16-10-2-1-5-12(17)11-15(8-3-6-13(18)19)9-4-7-14(20)21;;/h12,16-17H,1-11H2,(H,18,19)(H,20,21);;/q;2*+1/p-2. The third-order valence-electron chi connectivity index (χ3n) is 3.12. The molecule has 0 aromatic rings. The molecule has 0 aliphatic carbocycles. The minimum absolute atomic E-state index is 0. The molecule has 0 radical (unpaired) electrons. The number of carboxylic acid groups (broad SMARTS) is 2. The van der Waals surface area contributed by atoms with Gasteiger partial charge in [-0.25, -0.2) is 0 Å². The molecule has 0 aliphatic heterocycles. The maximum Gasteiger partial charge on any atom is 1.00 e. The van der Waals surface area contributed by atoms with Crippen molar-refractivity contribution in [3.05, 3.63) is 0 Å². The number of hydrogen-bond acceptors (Lipinski definition) is 7. The smallest absolute Gasteiger partial charge is 0.550 e. The summed E-state index contributed by atoms with van der Waals surface area (Å²) in [5.74, 6) is -2.23. The Morgan fingerprint density at radius 1 is 0.913 bits per heavy atom.